The number of anilines is 2. The summed E-state index contributed by atoms with van der Waals surface area (Å²) in [6, 6.07) is 21.6. The van der Waals surface area contributed by atoms with Crippen LogP contribution in [0.1, 0.15) is 36.8 Å². The van der Waals surface area contributed by atoms with E-state index in [9.17, 15) is 13.2 Å². The summed E-state index contributed by atoms with van der Waals surface area (Å²) in [5.74, 6) is 0.297. The predicted octanol–water partition coefficient (Wildman–Crippen LogP) is 4.97. The second-order valence-corrected chi connectivity index (χ2v) is 9.92. The monoisotopic (exact) mass is 464 g/mol. The van der Waals surface area contributed by atoms with E-state index in [-0.39, 0.29) is 16.7 Å². The number of benzene rings is 3. The number of carbonyl (C=O) groups is 1. The number of amides is 1. The van der Waals surface area contributed by atoms with Gasteiger partial charge in [-0.25, -0.2) is 8.42 Å². The lowest BCUT2D eigenvalue weighted by atomic mass is 9.95. The van der Waals surface area contributed by atoms with Crippen LogP contribution >= 0.6 is 0 Å². The molecule has 33 heavy (non-hydrogen) atoms. The van der Waals surface area contributed by atoms with Crippen LogP contribution in [0.25, 0.3) is 0 Å². The van der Waals surface area contributed by atoms with E-state index in [0.29, 0.717) is 36.5 Å². The molecule has 7 heteroatoms. The Hall–Kier alpha value is -3.32. The van der Waals surface area contributed by atoms with Gasteiger partial charge in [0.25, 0.3) is 10.0 Å². The molecule has 0 radical (unpaired) electrons. The number of hydrogen-bond donors (Lipinski definition) is 1. The standard InChI is InChI=1S/C26H28N2O4S/c1-3-24(19-8-5-4-6-9-19)26(29)27-21-11-16-25-20(18-21)10-7-17-28(25)33(30,31)23-14-12-22(32-2)13-15-23/h4-6,8-9,11-16,18,24H,3,7,10,17H2,1-2H3,(H,27,29). The van der Waals surface area contributed by atoms with Crippen LogP contribution in [0.4, 0.5) is 11.4 Å². The van der Waals surface area contributed by atoms with Crippen LogP contribution in [0.15, 0.2) is 77.7 Å². The minimum absolute atomic E-state index is 0.0674. The molecular formula is C26H28N2O4S. The van der Waals surface area contributed by atoms with Crippen LogP contribution in [0.5, 0.6) is 5.75 Å². The minimum atomic E-state index is -3.70. The molecule has 0 aliphatic carbocycles. The van der Waals surface area contributed by atoms with Crippen LogP contribution in [0, 0.1) is 0 Å². The van der Waals surface area contributed by atoms with Crippen molar-refractivity contribution < 1.29 is 17.9 Å². The molecule has 0 aromatic heterocycles. The number of methoxy groups -OCH3 is 1. The molecule has 1 amide bonds. The molecule has 1 atom stereocenters. The SMILES string of the molecule is CCC(C(=O)Nc1ccc2c(c1)CCCN2S(=O)(=O)c1ccc(OC)cc1)c1ccccc1. The highest BCUT2D eigenvalue weighted by Gasteiger charge is 2.29. The Labute approximate surface area is 195 Å². The Morgan fingerprint density at radius 1 is 1.06 bits per heavy atom. The van der Waals surface area contributed by atoms with Crippen LogP contribution in [0.3, 0.4) is 0 Å². The number of rotatable bonds is 7. The van der Waals surface area contributed by atoms with Gasteiger partial charge in [-0.05, 0) is 72.9 Å². The van der Waals surface area contributed by atoms with Gasteiger partial charge in [0, 0.05) is 12.2 Å². The van der Waals surface area contributed by atoms with E-state index >= 15 is 0 Å². The Morgan fingerprint density at radius 2 is 1.79 bits per heavy atom. The van der Waals surface area contributed by atoms with Crippen molar-refractivity contribution in [2.45, 2.75) is 37.0 Å². The van der Waals surface area contributed by atoms with Crippen molar-refractivity contribution in [1.29, 1.82) is 0 Å². The molecule has 6 nitrogen and oxygen atoms in total. The van der Waals surface area contributed by atoms with Gasteiger partial charge in [0.1, 0.15) is 5.75 Å². The highest BCUT2D eigenvalue weighted by Crippen LogP contribution is 2.34. The minimum Gasteiger partial charge on any atom is -0.497 e. The Bertz CT molecular complexity index is 1220. The Kier molecular flexibility index (Phi) is 6.70. The van der Waals surface area contributed by atoms with E-state index in [2.05, 4.69) is 5.32 Å². The molecule has 1 aliphatic heterocycles. The molecule has 3 aromatic rings. The first kappa shape index (κ1) is 22.9. The molecule has 0 spiro atoms. The van der Waals surface area contributed by atoms with Crippen LogP contribution in [0.2, 0.25) is 0 Å². The maximum atomic E-state index is 13.3. The topological polar surface area (TPSA) is 75.7 Å². The molecule has 0 saturated heterocycles. The average Bonchev–Trinajstić information content (AvgIpc) is 2.84. The maximum absolute atomic E-state index is 13.3. The van der Waals surface area contributed by atoms with Gasteiger partial charge in [0.2, 0.25) is 5.91 Å². The number of ether oxygens (including phenoxy) is 1. The van der Waals surface area contributed by atoms with Crippen molar-refractivity contribution in [2.24, 2.45) is 0 Å². The predicted molar refractivity (Wildman–Crippen MR) is 130 cm³/mol. The van der Waals surface area contributed by atoms with Crippen molar-refractivity contribution in [1.82, 2.24) is 0 Å². The van der Waals surface area contributed by atoms with Gasteiger partial charge in [-0.15, -0.1) is 0 Å². The summed E-state index contributed by atoms with van der Waals surface area (Å²) in [6.45, 7) is 2.41. The van der Waals surface area contributed by atoms with Crippen molar-refractivity contribution in [3.8, 4) is 5.75 Å². The number of aryl methyl sites for hydroxylation is 1. The van der Waals surface area contributed by atoms with Gasteiger partial charge >= 0.3 is 0 Å². The van der Waals surface area contributed by atoms with Gasteiger partial charge < -0.3 is 10.1 Å². The van der Waals surface area contributed by atoms with Crippen molar-refractivity contribution in [3.63, 3.8) is 0 Å². The average molecular weight is 465 g/mol. The number of fused-ring (bicyclic) bond motifs is 1. The number of nitrogens with one attached hydrogen (secondary N) is 1. The van der Waals surface area contributed by atoms with E-state index in [4.69, 9.17) is 4.74 Å². The summed E-state index contributed by atoms with van der Waals surface area (Å²) >= 11 is 0. The number of hydrogen-bond acceptors (Lipinski definition) is 4. The molecule has 0 bridgehead atoms. The molecule has 3 aromatic carbocycles. The van der Waals surface area contributed by atoms with Crippen molar-refractivity contribution in [2.75, 3.05) is 23.3 Å². The second kappa shape index (κ2) is 9.67. The van der Waals surface area contributed by atoms with E-state index in [1.54, 1.807) is 43.5 Å². The third-order valence-electron chi connectivity index (χ3n) is 6.00. The van der Waals surface area contributed by atoms with Crippen molar-refractivity contribution >= 4 is 27.3 Å². The molecule has 0 fully saturated rings. The zero-order valence-corrected chi connectivity index (χ0v) is 19.6. The van der Waals surface area contributed by atoms with E-state index in [1.807, 2.05) is 43.3 Å². The summed E-state index contributed by atoms with van der Waals surface area (Å²) in [6.07, 6.45) is 2.15. The van der Waals surface area contributed by atoms with Gasteiger partial charge in [-0.1, -0.05) is 37.3 Å². The largest absolute Gasteiger partial charge is 0.497 e. The highest BCUT2D eigenvalue weighted by molar-refractivity contribution is 7.92. The van der Waals surface area contributed by atoms with Gasteiger partial charge in [-0.3, -0.25) is 9.10 Å². The van der Waals surface area contributed by atoms with Gasteiger partial charge in [0.05, 0.1) is 23.6 Å². The van der Waals surface area contributed by atoms with Gasteiger partial charge in [-0.2, -0.15) is 0 Å². The zero-order valence-electron chi connectivity index (χ0n) is 18.8. The summed E-state index contributed by atoms with van der Waals surface area (Å²) < 4.78 is 33.2. The van der Waals surface area contributed by atoms with E-state index < -0.39 is 10.0 Å². The highest BCUT2D eigenvalue weighted by atomic mass is 32.2. The van der Waals surface area contributed by atoms with Crippen molar-refractivity contribution in [3.05, 3.63) is 83.9 Å². The quantitative estimate of drug-likeness (QED) is 0.536. The third kappa shape index (κ3) is 4.73. The molecule has 172 valence electrons. The van der Waals surface area contributed by atoms with Crippen LogP contribution in [-0.2, 0) is 21.2 Å². The lowest BCUT2D eigenvalue weighted by Crippen LogP contribution is -2.35. The first-order valence-corrected chi connectivity index (χ1v) is 12.5. The normalized spacial score (nSPS) is 14.3. The maximum Gasteiger partial charge on any atom is 0.264 e. The molecular weight excluding hydrogens is 436 g/mol. The summed E-state index contributed by atoms with van der Waals surface area (Å²) in [5, 5.41) is 3.02. The molecule has 1 N–H and O–H groups in total. The first-order chi connectivity index (χ1) is 15.9. The lowest BCUT2D eigenvalue weighted by Gasteiger charge is -2.31. The molecule has 1 unspecified atom stereocenters. The van der Waals surface area contributed by atoms with E-state index in [0.717, 1.165) is 17.5 Å². The fraction of sp³-hybridized carbons (Fsp3) is 0.269. The van der Waals surface area contributed by atoms with Gasteiger partial charge in [0.15, 0.2) is 0 Å². The first-order valence-electron chi connectivity index (χ1n) is 11.1. The second-order valence-electron chi connectivity index (χ2n) is 8.06. The number of nitrogens with zero attached hydrogens (tertiary/aromatic N) is 1. The lowest BCUT2D eigenvalue weighted by molar-refractivity contribution is -0.117. The Balaban J connectivity index is 1.57. The Morgan fingerprint density at radius 3 is 2.45 bits per heavy atom. The smallest absolute Gasteiger partial charge is 0.264 e. The summed E-state index contributed by atoms with van der Waals surface area (Å²) in [5.41, 5.74) is 3.22. The summed E-state index contributed by atoms with van der Waals surface area (Å²) in [7, 11) is -2.15. The van der Waals surface area contributed by atoms with Crippen LogP contribution < -0.4 is 14.4 Å². The van der Waals surface area contributed by atoms with E-state index in [1.165, 1.54) is 4.31 Å². The molecule has 0 saturated carbocycles. The molecule has 1 heterocycles. The zero-order chi connectivity index (χ0) is 23.4. The molecule has 1 aliphatic rings. The summed E-state index contributed by atoms with van der Waals surface area (Å²) in [4.78, 5) is 13.2. The fourth-order valence-electron chi connectivity index (χ4n) is 4.25. The van der Waals surface area contributed by atoms with Crippen LogP contribution in [-0.4, -0.2) is 28.0 Å². The number of sulfonamides is 1. The third-order valence-corrected chi connectivity index (χ3v) is 7.82. The number of carbonyl (C=O) groups excluding carboxylic acids is 1. The molecule has 4 rings (SSSR count). The fourth-order valence-corrected chi connectivity index (χ4v) is 5.79.